The third kappa shape index (κ3) is 5.53. The number of nitrogens with zero attached hydrogens (tertiary/aromatic N) is 2. The van der Waals surface area contributed by atoms with E-state index in [-0.39, 0.29) is 25.3 Å². The molecule has 6 nitrogen and oxygen atoms in total. The summed E-state index contributed by atoms with van der Waals surface area (Å²) in [4.78, 5) is 29.7. The van der Waals surface area contributed by atoms with E-state index in [1.807, 2.05) is 29.8 Å². The average molecular weight is 620 g/mol. The number of fused-ring (bicyclic) bond motifs is 1. The van der Waals surface area contributed by atoms with Crippen molar-refractivity contribution in [3.8, 4) is 0 Å². The number of carbonyl (C=O) groups is 2. The number of halogens is 5. The zero-order chi connectivity index (χ0) is 27.9. The van der Waals surface area contributed by atoms with Crippen molar-refractivity contribution < 1.29 is 22.8 Å². The van der Waals surface area contributed by atoms with E-state index < -0.39 is 17.5 Å². The van der Waals surface area contributed by atoms with Gasteiger partial charge in [0.15, 0.2) is 0 Å². The second kappa shape index (κ2) is 10.3. The molecule has 0 spiro atoms. The van der Waals surface area contributed by atoms with Gasteiger partial charge in [0.25, 0.3) is 5.91 Å². The predicted molar refractivity (Wildman–Crippen MR) is 147 cm³/mol. The van der Waals surface area contributed by atoms with E-state index in [1.54, 1.807) is 42.5 Å². The number of alkyl halides is 3. The minimum absolute atomic E-state index is 0.0415. The molecule has 0 bridgehead atoms. The molecule has 39 heavy (non-hydrogen) atoms. The van der Waals surface area contributed by atoms with Crippen LogP contribution < -0.4 is 10.6 Å². The molecule has 1 heterocycles. The van der Waals surface area contributed by atoms with E-state index in [1.165, 1.54) is 0 Å². The minimum atomic E-state index is -4.55. The molecule has 11 heteroatoms. The first-order valence-electron chi connectivity index (χ1n) is 12.1. The Morgan fingerprint density at radius 3 is 2.46 bits per heavy atom. The number of amides is 2. The lowest BCUT2D eigenvalue weighted by Gasteiger charge is -2.18. The zero-order valence-electron chi connectivity index (χ0n) is 20.7. The van der Waals surface area contributed by atoms with Crippen molar-refractivity contribution in [1.82, 2.24) is 14.9 Å². The Labute approximate surface area is 235 Å². The molecule has 1 saturated carbocycles. The summed E-state index contributed by atoms with van der Waals surface area (Å²) in [5, 5.41) is 5.76. The van der Waals surface area contributed by atoms with Crippen LogP contribution in [0.4, 0.5) is 18.9 Å². The molecule has 202 valence electrons. The third-order valence-corrected chi connectivity index (χ3v) is 7.87. The van der Waals surface area contributed by atoms with E-state index in [4.69, 9.17) is 16.6 Å². The third-order valence-electron chi connectivity index (χ3n) is 6.98. The van der Waals surface area contributed by atoms with Gasteiger partial charge < -0.3 is 15.2 Å². The largest absolute Gasteiger partial charge is 0.403 e. The van der Waals surface area contributed by atoms with Gasteiger partial charge in [0, 0.05) is 40.8 Å². The summed E-state index contributed by atoms with van der Waals surface area (Å²) in [5.74, 6) is -0.572. The molecule has 0 unspecified atom stereocenters. The van der Waals surface area contributed by atoms with Crippen molar-refractivity contribution in [2.45, 2.75) is 32.0 Å². The number of rotatable bonds is 7. The van der Waals surface area contributed by atoms with Gasteiger partial charge in [0.2, 0.25) is 5.91 Å². The number of nitrogens with one attached hydrogen (secondary N) is 2. The lowest BCUT2D eigenvalue weighted by molar-refractivity contribution is -0.192. The van der Waals surface area contributed by atoms with Crippen LogP contribution in [0.25, 0.3) is 11.0 Å². The smallest absolute Gasteiger partial charge is 0.351 e. The molecule has 0 aliphatic heterocycles. The molecule has 0 saturated heterocycles. The van der Waals surface area contributed by atoms with Crippen LogP contribution >= 0.6 is 27.5 Å². The summed E-state index contributed by atoms with van der Waals surface area (Å²) in [6, 6.07) is 17.6. The number of benzene rings is 3. The highest BCUT2D eigenvalue weighted by Gasteiger charge is 2.68. The van der Waals surface area contributed by atoms with E-state index in [9.17, 15) is 22.8 Å². The van der Waals surface area contributed by atoms with Gasteiger partial charge in [-0.2, -0.15) is 13.2 Å². The quantitative estimate of drug-likeness (QED) is 0.239. The Morgan fingerprint density at radius 1 is 1.08 bits per heavy atom. The molecular formula is C28H23BrClF3N4O2. The Kier molecular flexibility index (Phi) is 7.19. The number of imidazole rings is 1. The number of anilines is 1. The van der Waals surface area contributed by atoms with Crippen molar-refractivity contribution in [1.29, 1.82) is 0 Å². The highest BCUT2D eigenvalue weighted by molar-refractivity contribution is 9.10. The van der Waals surface area contributed by atoms with Crippen molar-refractivity contribution in [3.05, 3.63) is 92.7 Å². The number of aryl methyl sites for hydroxylation is 1. The lowest BCUT2D eigenvalue weighted by Crippen LogP contribution is -2.40. The highest BCUT2D eigenvalue weighted by atomic mass is 79.9. The number of hydrogen-bond acceptors (Lipinski definition) is 3. The van der Waals surface area contributed by atoms with Gasteiger partial charge in [-0.05, 0) is 72.5 Å². The fourth-order valence-corrected chi connectivity index (χ4v) is 4.89. The molecule has 0 radical (unpaired) electrons. The van der Waals surface area contributed by atoms with Gasteiger partial charge in [0.1, 0.15) is 11.2 Å². The lowest BCUT2D eigenvalue weighted by atomic mass is 10.0. The summed E-state index contributed by atoms with van der Waals surface area (Å²) in [7, 11) is 1.86. The van der Waals surface area contributed by atoms with Crippen LogP contribution in [0.15, 0.2) is 65.1 Å². The molecule has 3 aromatic carbocycles. The molecule has 1 aliphatic rings. The van der Waals surface area contributed by atoms with E-state index in [0.29, 0.717) is 45.2 Å². The maximum atomic E-state index is 13.2. The summed E-state index contributed by atoms with van der Waals surface area (Å²) in [6.45, 7) is -0.0415. The standard InChI is InChI=1S/C28H23BrClF3N4O2/c1-37-23-9-3-17(25(38)35-20-6-4-19(29)5-7-20)13-22(23)36-24(37)14-18-12-16(2-8-21(18)30)15-34-26(39)27(10-11-27)28(31,32)33/h2-9,12-13H,10-11,14-15H2,1H3,(H,34,39)(H,35,38). The van der Waals surface area contributed by atoms with Crippen molar-refractivity contribution in [2.75, 3.05) is 5.32 Å². The first-order valence-corrected chi connectivity index (χ1v) is 13.3. The van der Waals surface area contributed by atoms with Crippen LogP contribution in [0.2, 0.25) is 5.02 Å². The molecule has 2 N–H and O–H groups in total. The first kappa shape index (κ1) is 27.2. The Hall–Kier alpha value is -3.37. The second-order valence-electron chi connectivity index (χ2n) is 9.62. The highest BCUT2D eigenvalue weighted by Crippen LogP contribution is 2.57. The van der Waals surface area contributed by atoms with Gasteiger partial charge in [-0.3, -0.25) is 9.59 Å². The molecule has 4 aromatic rings. The number of hydrogen-bond donors (Lipinski definition) is 2. The van der Waals surface area contributed by atoms with Crippen LogP contribution in [0.3, 0.4) is 0 Å². The van der Waals surface area contributed by atoms with Crippen LogP contribution in [0.5, 0.6) is 0 Å². The van der Waals surface area contributed by atoms with Crippen LogP contribution in [-0.4, -0.2) is 27.5 Å². The summed E-state index contributed by atoms with van der Waals surface area (Å²) in [5.41, 5.74) is 1.67. The van der Waals surface area contributed by atoms with Crippen molar-refractivity contribution in [2.24, 2.45) is 12.5 Å². The van der Waals surface area contributed by atoms with Gasteiger partial charge in [-0.1, -0.05) is 39.7 Å². The normalized spacial score (nSPS) is 14.3. The van der Waals surface area contributed by atoms with Crippen LogP contribution in [-0.2, 0) is 24.8 Å². The van der Waals surface area contributed by atoms with Gasteiger partial charge in [-0.15, -0.1) is 0 Å². The molecule has 1 aromatic heterocycles. The van der Waals surface area contributed by atoms with Gasteiger partial charge in [0.05, 0.1) is 11.0 Å². The fraction of sp³-hybridized carbons (Fsp3) is 0.250. The topological polar surface area (TPSA) is 76.0 Å². The molecule has 1 aliphatic carbocycles. The fourth-order valence-electron chi connectivity index (χ4n) is 4.45. The summed E-state index contributed by atoms with van der Waals surface area (Å²) >= 11 is 9.80. The van der Waals surface area contributed by atoms with Gasteiger partial charge in [-0.25, -0.2) is 4.98 Å². The van der Waals surface area contributed by atoms with Crippen molar-refractivity contribution >= 4 is 56.1 Å². The summed E-state index contributed by atoms with van der Waals surface area (Å²) in [6.07, 6.45) is -4.58. The SMILES string of the molecule is Cn1c(Cc2cc(CNC(=O)C3(C(F)(F)F)CC3)ccc2Cl)nc2cc(C(=O)Nc3ccc(Br)cc3)ccc21. The predicted octanol–water partition coefficient (Wildman–Crippen LogP) is 6.79. The summed E-state index contributed by atoms with van der Waals surface area (Å²) < 4.78 is 42.5. The monoisotopic (exact) mass is 618 g/mol. The van der Waals surface area contributed by atoms with Crippen molar-refractivity contribution in [3.63, 3.8) is 0 Å². The van der Waals surface area contributed by atoms with Crippen LogP contribution in [0, 0.1) is 5.41 Å². The van der Waals surface area contributed by atoms with Gasteiger partial charge >= 0.3 is 6.18 Å². The second-order valence-corrected chi connectivity index (χ2v) is 10.9. The maximum absolute atomic E-state index is 13.2. The molecular weight excluding hydrogens is 597 g/mol. The van der Waals surface area contributed by atoms with E-state index >= 15 is 0 Å². The average Bonchev–Trinajstić information content (AvgIpc) is 3.67. The molecule has 2 amide bonds. The Balaban J connectivity index is 1.31. The first-order chi connectivity index (χ1) is 18.5. The Bertz CT molecular complexity index is 1580. The Morgan fingerprint density at radius 2 is 1.79 bits per heavy atom. The van der Waals surface area contributed by atoms with E-state index in [0.717, 1.165) is 9.99 Å². The number of aromatic nitrogens is 2. The molecule has 0 atom stereocenters. The zero-order valence-corrected chi connectivity index (χ0v) is 23.0. The molecule has 5 rings (SSSR count). The minimum Gasteiger partial charge on any atom is -0.351 e. The maximum Gasteiger partial charge on any atom is 0.403 e. The van der Waals surface area contributed by atoms with E-state index in [2.05, 4.69) is 26.6 Å². The molecule has 1 fully saturated rings. The van der Waals surface area contributed by atoms with Crippen LogP contribution in [0.1, 0.15) is 40.2 Å². The number of carbonyl (C=O) groups excluding carboxylic acids is 2.